The summed E-state index contributed by atoms with van der Waals surface area (Å²) >= 11 is 0. The minimum Gasteiger partial charge on any atom is -0.381 e. The highest BCUT2D eigenvalue weighted by Gasteiger charge is 2.28. The maximum absolute atomic E-state index is 13.7. The van der Waals surface area contributed by atoms with Crippen molar-refractivity contribution in [2.45, 2.75) is 31.1 Å². The van der Waals surface area contributed by atoms with Gasteiger partial charge in [0.2, 0.25) is 0 Å². The van der Waals surface area contributed by atoms with Crippen LogP contribution in [0.25, 0.3) is 22.4 Å². The van der Waals surface area contributed by atoms with E-state index in [2.05, 4.69) is 15.1 Å². The quantitative estimate of drug-likeness (QED) is 0.733. The minimum atomic E-state index is -0.298. The van der Waals surface area contributed by atoms with Gasteiger partial charge in [-0.2, -0.15) is 4.98 Å². The topological polar surface area (TPSA) is 61.0 Å². The molecule has 122 valence electrons. The molecule has 5 nitrogen and oxygen atoms in total. The van der Waals surface area contributed by atoms with Crippen LogP contribution in [0.15, 0.2) is 28.8 Å². The van der Waals surface area contributed by atoms with Crippen LogP contribution in [0.3, 0.4) is 0 Å². The lowest BCUT2D eigenvalue weighted by atomic mass is 10.1. The highest BCUT2D eigenvalue weighted by Crippen LogP contribution is 2.41. The Bertz CT molecular complexity index is 914. The van der Waals surface area contributed by atoms with E-state index in [1.807, 2.05) is 6.07 Å². The SMILES string of the molecule is Fc1ccc2nc(C3CC3)cc(-c3nc([C@@H]4CCOC4)no3)c2c1. The molecule has 0 N–H and O–H groups in total. The van der Waals surface area contributed by atoms with E-state index in [0.717, 1.165) is 42.6 Å². The third-order valence-electron chi connectivity index (χ3n) is 4.75. The summed E-state index contributed by atoms with van der Waals surface area (Å²) in [5.41, 5.74) is 2.55. The molecule has 1 atom stereocenters. The van der Waals surface area contributed by atoms with Gasteiger partial charge in [-0.05, 0) is 43.5 Å². The Labute approximate surface area is 137 Å². The molecule has 1 saturated carbocycles. The van der Waals surface area contributed by atoms with E-state index in [4.69, 9.17) is 9.26 Å². The Hall–Kier alpha value is -2.34. The van der Waals surface area contributed by atoms with Gasteiger partial charge in [-0.15, -0.1) is 0 Å². The molecule has 0 unspecified atom stereocenters. The molecule has 0 bridgehead atoms. The van der Waals surface area contributed by atoms with Crippen LogP contribution in [0.4, 0.5) is 4.39 Å². The molecule has 3 heterocycles. The molecule has 3 aromatic rings. The lowest BCUT2D eigenvalue weighted by molar-refractivity contribution is 0.192. The fourth-order valence-electron chi connectivity index (χ4n) is 3.23. The van der Waals surface area contributed by atoms with Gasteiger partial charge in [0.15, 0.2) is 5.82 Å². The summed E-state index contributed by atoms with van der Waals surface area (Å²) in [5, 5.41) is 4.82. The predicted octanol–water partition coefficient (Wildman–Crippen LogP) is 3.81. The van der Waals surface area contributed by atoms with Crippen LogP contribution in [0.2, 0.25) is 0 Å². The van der Waals surface area contributed by atoms with Crippen LogP contribution in [0.1, 0.15) is 42.6 Å². The first-order chi connectivity index (χ1) is 11.8. The molecule has 5 rings (SSSR count). The van der Waals surface area contributed by atoms with Crippen molar-refractivity contribution >= 4 is 10.9 Å². The van der Waals surface area contributed by atoms with Gasteiger partial charge in [0.25, 0.3) is 5.89 Å². The van der Waals surface area contributed by atoms with Gasteiger partial charge >= 0.3 is 0 Å². The number of benzene rings is 1. The predicted molar refractivity (Wildman–Crippen MR) is 85.1 cm³/mol. The lowest BCUT2D eigenvalue weighted by Crippen LogP contribution is -1.99. The molecule has 2 fully saturated rings. The molecule has 2 aliphatic rings. The summed E-state index contributed by atoms with van der Waals surface area (Å²) in [5.74, 6) is 1.46. The lowest BCUT2D eigenvalue weighted by Gasteiger charge is -2.06. The van der Waals surface area contributed by atoms with Crippen molar-refractivity contribution in [2.24, 2.45) is 0 Å². The third-order valence-corrected chi connectivity index (χ3v) is 4.75. The van der Waals surface area contributed by atoms with Crippen LogP contribution < -0.4 is 0 Å². The number of ether oxygens (including phenoxy) is 1. The van der Waals surface area contributed by atoms with E-state index in [0.29, 0.717) is 29.6 Å². The number of rotatable bonds is 3. The molecule has 6 heteroatoms. The minimum absolute atomic E-state index is 0.176. The van der Waals surface area contributed by atoms with Gasteiger partial charge < -0.3 is 9.26 Å². The van der Waals surface area contributed by atoms with Gasteiger partial charge in [-0.25, -0.2) is 4.39 Å². The zero-order valence-electron chi connectivity index (χ0n) is 13.0. The standard InChI is InChI=1S/C18H16FN3O2/c19-12-3-4-15-13(7-12)14(8-16(20-15)10-1-2-10)18-21-17(22-24-18)11-5-6-23-9-11/h3-4,7-8,10-11H,1-2,5-6,9H2/t11-/m1/s1. The Morgan fingerprint density at radius 1 is 1.04 bits per heavy atom. The largest absolute Gasteiger partial charge is 0.381 e. The van der Waals surface area contributed by atoms with Gasteiger partial charge in [-0.3, -0.25) is 4.98 Å². The monoisotopic (exact) mass is 325 g/mol. The number of fused-ring (bicyclic) bond motifs is 1. The summed E-state index contributed by atoms with van der Waals surface area (Å²) in [7, 11) is 0. The first kappa shape index (κ1) is 14.0. The number of hydrogen-bond acceptors (Lipinski definition) is 5. The molecule has 0 amide bonds. The normalized spacial score (nSPS) is 20.8. The molecular weight excluding hydrogens is 309 g/mol. The van der Waals surface area contributed by atoms with Crippen LogP contribution in [0.5, 0.6) is 0 Å². The van der Waals surface area contributed by atoms with Crippen LogP contribution in [-0.2, 0) is 4.74 Å². The van der Waals surface area contributed by atoms with Crippen LogP contribution in [-0.4, -0.2) is 28.3 Å². The van der Waals surface area contributed by atoms with Crippen LogP contribution >= 0.6 is 0 Å². The first-order valence-corrected chi connectivity index (χ1v) is 8.30. The summed E-state index contributed by atoms with van der Waals surface area (Å²) in [6.07, 6.45) is 3.19. The van der Waals surface area contributed by atoms with Crippen molar-refractivity contribution in [3.05, 3.63) is 41.6 Å². The maximum atomic E-state index is 13.7. The Morgan fingerprint density at radius 2 is 1.96 bits per heavy atom. The summed E-state index contributed by atoms with van der Waals surface area (Å²) < 4.78 is 24.6. The molecule has 1 aliphatic carbocycles. The van der Waals surface area contributed by atoms with Crippen LogP contribution in [0, 0.1) is 5.82 Å². The first-order valence-electron chi connectivity index (χ1n) is 8.30. The smallest absolute Gasteiger partial charge is 0.258 e. The summed E-state index contributed by atoms with van der Waals surface area (Å²) in [6.45, 7) is 1.35. The Kier molecular flexibility index (Phi) is 3.13. The van der Waals surface area contributed by atoms with E-state index < -0.39 is 0 Å². The second-order valence-electron chi connectivity index (χ2n) is 6.55. The molecule has 24 heavy (non-hydrogen) atoms. The number of nitrogens with zero attached hydrogens (tertiary/aromatic N) is 3. The Morgan fingerprint density at radius 3 is 2.75 bits per heavy atom. The van der Waals surface area contributed by atoms with E-state index in [1.165, 1.54) is 12.1 Å². The van der Waals surface area contributed by atoms with E-state index in [9.17, 15) is 4.39 Å². The highest BCUT2D eigenvalue weighted by molar-refractivity contribution is 5.92. The van der Waals surface area contributed by atoms with Crippen molar-refractivity contribution in [1.82, 2.24) is 15.1 Å². The van der Waals surface area contributed by atoms with E-state index in [1.54, 1.807) is 6.07 Å². The number of halogens is 1. The average molecular weight is 325 g/mol. The molecule has 1 aliphatic heterocycles. The van der Waals surface area contributed by atoms with Gasteiger partial charge in [0.05, 0.1) is 17.7 Å². The van der Waals surface area contributed by atoms with Crippen molar-refractivity contribution in [1.29, 1.82) is 0 Å². The molecule has 0 spiro atoms. The second-order valence-corrected chi connectivity index (χ2v) is 6.55. The highest BCUT2D eigenvalue weighted by atomic mass is 19.1. The summed E-state index contributed by atoms with van der Waals surface area (Å²) in [6, 6.07) is 6.60. The maximum Gasteiger partial charge on any atom is 0.258 e. The molecule has 1 saturated heterocycles. The molecule has 1 aromatic carbocycles. The van der Waals surface area contributed by atoms with Gasteiger partial charge in [-0.1, -0.05) is 5.16 Å². The number of aromatic nitrogens is 3. The van der Waals surface area contributed by atoms with E-state index >= 15 is 0 Å². The molecule has 0 radical (unpaired) electrons. The van der Waals surface area contributed by atoms with Crippen molar-refractivity contribution in [3.8, 4) is 11.5 Å². The second kappa shape index (κ2) is 5.34. The molecule has 2 aromatic heterocycles. The van der Waals surface area contributed by atoms with Crippen molar-refractivity contribution in [3.63, 3.8) is 0 Å². The zero-order valence-corrected chi connectivity index (χ0v) is 13.0. The van der Waals surface area contributed by atoms with Crippen molar-refractivity contribution in [2.75, 3.05) is 13.2 Å². The number of pyridine rings is 1. The van der Waals surface area contributed by atoms with Crippen molar-refractivity contribution < 1.29 is 13.7 Å². The third kappa shape index (κ3) is 2.38. The number of hydrogen-bond donors (Lipinski definition) is 0. The summed E-state index contributed by atoms with van der Waals surface area (Å²) in [4.78, 5) is 9.23. The molecular formula is C18H16FN3O2. The zero-order chi connectivity index (χ0) is 16.1. The fourth-order valence-corrected chi connectivity index (χ4v) is 3.23. The Balaban J connectivity index is 1.65. The average Bonchev–Trinajstić information content (AvgIpc) is 3.10. The van der Waals surface area contributed by atoms with Gasteiger partial charge in [0, 0.05) is 29.5 Å². The fraction of sp³-hybridized carbons (Fsp3) is 0.389. The van der Waals surface area contributed by atoms with E-state index in [-0.39, 0.29) is 11.7 Å². The van der Waals surface area contributed by atoms with Gasteiger partial charge in [0.1, 0.15) is 5.82 Å².